The van der Waals surface area contributed by atoms with Gasteiger partial charge in [0.25, 0.3) is 0 Å². The molecule has 3 nitrogen and oxygen atoms in total. The lowest BCUT2D eigenvalue weighted by Gasteiger charge is -2.05. The van der Waals surface area contributed by atoms with Crippen LogP contribution in [0.3, 0.4) is 0 Å². The Morgan fingerprint density at radius 2 is 2.06 bits per heavy atom. The minimum Gasteiger partial charge on any atom is -0.447 e. The Morgan fingerprint density at radius 1 is 1.38 bits per heavy atom. The van der Waals surface area contributed by atoms with E-state index < -0.39 is 12.1 Å². The number of hydrogen-bond acceptors (Lipinski definition) is 3. The predicted octanol–water partition coefficient (Wildman–Crippen LogP) is 1.89. The van der Waals surface area contributed by atoms with Crippen LogP contribution in [0.5, 0.6) is 0 Å². The number of ether oxygens (including phenoxy) is 2. The summed E-state index contributed by atoms with van der Waals surface area (Å²) in [5.41, 5.74) is 0.321. The molecule has 0 rings (SSSR count). The monoisotopic (exact) mass is 220 g/mol. The molecule has 0 radical (unpaired) electrons. The molecule has 16 heavy (non-hydrogen) atoms. The summed E-state index contributed by atoms with van der Waals surface area (Å²) in [4.78, 5) is 11.3. The quantitative estimate of drug-likeness (QED) is 0.414. The smallest absolute Gasteiger partial charge is 0.335 e. The Hall–Kier alpha value is -1.87. The van der Waals surface area contributed by atoms with Crippen LogP contribution in [0.2, 0.25) is 0 Å². The van der Waals surface area contributed by atoms with Gasteiger partial charge in [-0.2, -0.15) is 0 Å². The highest BCUT2D eigenvalue weighted by Gasteiger charge is 2.09. The molecule has 0 amide bonds. The van der Waals surface area contributed by atoms with Gasteiger partial charge in [0.15, 0.2) is 0 Å². The highest BCUT2D eigenvalue weighted by atomic mass is 16.5. The molecule has 0 aliphatic heterocycles. The average molecular weight is 220 g/mol. The van der Waals surface area contributed by atoms with Crippen molar-refractivity contribution in [2.75, 3.05) is 6.61 Å². The zero-order valence-corrected chi connectivity index (χ0v) is 9.92. The predicted molar refractivity (Wildman–Crippen MR) is 62.2 cm³/mol. The second-order valence-corrected chi connectivity index (χ2v) is 2.92. The molecule has 0 aromatic rings. The summed E-state index contributed by atoms with van der Waals surface area (Å²) in [5, 5.41) is 0. The summed E-state index contributed by atoms with van der Waals surface area (Å²) in [6, 6.07) is 0. The molecule has 0 aliphatic carbocycles. The van der Waals surface area contributed by atoms with Gasteiger partial charge in [0.05, 0.1) is 6.61 Å². The van der Waals surface area contributed by atoms with E-state index in [1.807, 2.05) is 13.8 Å². The molecule has 1 unspecified atom stereocenters. The second-order valence-electron chi connectivity index (χ2n) is 2.92. The largest absolute Gasteiger partial charge is 0.447 e. The van der Waals surface area contributed by atoms with E-state index >= 15 is 0 Å². The van der Waals surface area contributed by atoms with Gasteiger partial charge >= 0.3 is 5.97 Å². The van der Waals surface area contributed by atoms with Crippen molar-refractivity contribution in [3.8, 4) is 23.9 Å². The second kappa shape index (κ2) is 8.44. The SMILES string of the molecule is C=C(C)C(=O)OC(C#CCC)C#COCC. The van der Waals surface area contributed by atoms with Crippen molar-refractivity contribution < 1.29 is 14.3 Å². The molecule has 0 heterocycles. The number of carbonyl (C=O) groups excluding carboxylic acids is 1. The van der Waals surface area contributed by atoms with Gasteiger partial charge in [-0.25, -0.2) is 4.79 Å². The zero-order valence-electron chi connectivity index (χ0n) is 9.92. The Morgan fingerprint density at radius 3 is 2.56 bits per heavy atom. The summed E-state index contributed by atoms with van der Waals surface area (Å²) in [5.74, 6) is 7.64. The van der Waals surface area contributed by atoms with Crippen LogP contribution in [0, 0.1) is 23.9 Å². The van der Waals surface area contributed by atoms with Gasteiger partial charge in [0.2, 0.25) is 6.10 Å². The first-order valence-corrected chi connectivity index (χ1v) is 5.09. The van der Waals surface area contributed by atoms with Crippen molar-refractivity contribution in [3.05, 3.63) is 12.2 Å². The molecular formula is C13H16O3. The maximum absolute atomic E-state index is 11.3. The molecule has 86 valence electrons. The summed E-state index contributed by atoms with van der Waals surface area (Å²) >= 11 is 0. The van der Waals surface area contributed by atoms with E-state index in [-0.39, 0.29) is 0 Å². The van der Waals surface area contributed by atoms with Gasteiger partial charge in [-0.3, -0.25) is 0 Å². The third kappa shape index (κ3) is 6.56. The highest BCUT2D eigenvalue weighted by Crippen LogP contribution is 1.97. The fraction of sp³-hybridized carbons (Fsp3) is 0.462. The summed E-state index contributed by atoms with van der Waals surface area (Å²) in [7, 11) is 0. The Balaban J connectivity index is 4.51. The minimum absolute atomic E-state index is 0.321. The van der Waals surface area contributed by atoms with E-state index in [9.17, 15) is 4.79 Å². The van der Waals surface area contributed by atoms with E-state index in [2.05, 4.69) is 30.4 Å². The van der Waals surface area contributed by atoms with Gasteiger partial charge in [0, 0.05) is 12.0 Å². The number of esters is 1. The standard InChI is InChI=1S/C13H16O3/c1-5-7-8-12(9-10-15-6-2)16-13(14)11(3)4/h12H,3,5-6H2,1-2,4H3. The molecule has 0 spiro atoms. The zero-order chi connectivity index (χ0) is 12.4. The molecule has 0 bridgehead atoms. The van der Waals surface area contributed by atoms with E-state index in [1.165, 1.54) is 0 Å². The van der Waals surface area contributed by atoms with Gasteiger partial charge in [-0.05, 0) is 25.7 Å². The Labute approximate surface area is 96.8 Å². The van der Waals surface area contributed by atoms with Crippen LogP contribution in [0.15, 0.2) is 12.2 Å². The molecule has 0 N–H and O–H groups in total. The lowest BCUT2D eigenvalue weighted by molar-refractivity contribution is -0.139. The maximum Gasteiger partial charge on any atom is 0.335 e. The van der Waals surface area contributed by atoms with Crippen molar-refractivity contribution in [2.24, 2.45) is 0 Å². The van der Waals surface area contributed by atoms with Crippen LogP contribution < -0.4 is 0 Å². The van der Waals surface area contributed by atoms with Crippen LogP contribution in [-0.4, -0.2) is 18.7 Å². The van der Waals surface area contributed by atoms with E-state index in [4.69, 9.17) is 9.47 Å². The summed E-state index contributed by atoms with van der Waals surface area (Å²) < 4.78 is 9.84. The number of carbonyl (C=O) groups is 1. The van der Waals surface area contributed by atoms with Gasteiger partial charge < -0.3 is 9.47 Å². The number of rotatable bonds is 3. The normalized spacial score (nSPS) is 9.94. The first kappa shape index (κ1) is 14.1. The van der Waals surface area contributed by atoms with Gasteiger partial charge in [-0.15, -0.1) is 0 Å². The number of hydrogen-bond donors (Lipinski definition) is 0. The summed E-state index contributed by atoms with van der Waals surface area (Å²) in [6.07, 6.45) is 2.35. The van der Waals surface area contributed by atoms with Gasteiger partial charge in [0.1, 0.15) is 6.11 Å². The molecule has 0 saturated heterocycles. The van der Waals surface area contributed by atoms with Crippen LogP contribution in [0.25, 0.3) is 0 Å². The van der Waals surface area contributed by atoms with Crippen molar-refractivity contribution >= 4 is 5.97 Å². The van der Waals surface area contributed by atoms with Crippen LogP contribution in [-0.2, 0) is 14.3 Å². The van der Waals surface area contributed by atoms with E-state index in [1.54, 1.807) is 6.92 Å². The minimum atomic E-state index is -0.754. The van der Waals surface area contributed by atoms with Crippen molar-refractivity contribution in [3.63, 3.8) is 0 Å². The topological polar surface area (TPSA) is 35.5 Å². The summed E-state index contributed by atoms with van der Waals surface area (Å²) in [6.45, 7) is 9.26. The Kier molecular flexibility index (Phi) is 7.45. The highest BCUT2D eigenvalue weighted by molar-refractivity contribution is 5.87. The molecule has 0 aliphatic rings. The molecule has 1 atom stereocenters. The van der Waals surface area contributed by atoms with Crippen molar-refractivity contribution in [2.45, 2.75) is 33.3 Å². The van der Waals surface area contributed by atoms with Crippen LogP contribution in [0.1, 0.15) is 27.2 Å². The van der Waals surface area contributed by atoms with Gasteiger partial charge in [-0.1, -0.05) is 19.4 Å². The molecule has 0 aromatic carbocycles. The first-order valence-electron chi connectivity index (χ1n) is 5.09. The third-order valence-corrected chi connectivity index (χ3v) is 1.39. The fourth-order valence-corrected chi connectivity index (χ4v) is 0.665. The van der Waals surface area contributed by atoms with E-state index in [0.717, 1.165) is 0 Å². The van der Waals surface area contributed by atoms with E-state index in [0.29, 0.717) is 18.6 Å². The average Bonchev–Trinajstić information content (AvgIpc) is 2.25. The Bertz CT molecular complexity index is 360. The van der Waals surface area contributed by atoms with Crippen molar-refractivity contribution in [1.82, 2.24) is 0 Å². The maximum atomic E-state index is 11.3. The fourth-order valence-electron chi connectivity index (χ4n) is 0.665. The molecule has 0 aromatic heterocycles. The lowest BCUT2D eigenvalue weighted by atomic mass is 10.3. The first-order chi connectivity index (χ1) is 7.61. The molecule has 3 heteroatoms. The van der Waals surface area contributed by atoms with Crippen LogP contribution in [0.4, 0.5) is 0 Å². The molecular weight excluding hydrogens is 204 g/mol. The van der Waals surface area contributed by atoms with Crippen molar-refractivity contribution in [1.29, 1.82) is 0 Å². The molecule has 0 fully saturated rings. The lowest BCUT2D eigenvalue weighted by Crippen LogP contribution is -2.15. The third-order valence-electron chi connectivity index (χ3n) is 1.39. The van der Waals surface area contributed by atoms with Crippen LogP contribution >= 0.6 is 0 Å². The molecule has 0 saturated carbocycles.